The predicted molar refractivity (Wildman–Crippen MR) is 108 cm³/mol. The number of carbonyl (C=O) groups excluding carboxylic acids is 2. The van der Waals surface area contributed by atoms with Gasteiger partial charge in [0.25, 0.3) is 0 Å². The molecule has 2 aromatic rings. The Hall–Kier alpha value is -2.73. The Balaban J connectivity index is 0.00000261. The average molecular weight is 390 g/mol. The first kappa shape index (κ1) is 20.6. The van der Waals surface area contributed by atoms with Gasteiger partial charge in [0.15, 0.2) is 0 Å². The van der Waals surface area contributed by atoms with E-state index in [1.807, 2.05) is 30.3 Å². The van der Waals surface area contributed by atoms with Gasteiger partial charge in [-0.3, -0.25) is 9.59 Å². The number of nitrogens with zero attached hydrogens (tertiary/aromatic N) is 1. The number of ether oxygens (including phenoxy) is 1. The zero-order valence-electron chi connectivity index (χ0n) is 15.3. The Labute approximate surface area is 165 Å². The van der Waals surface area contributed by atoms with E-state index in [0.717, 1.165) is 5.56 Å². The molecule has 1 saturated heterocycles. The number of nitrogens with one attached hydrogen (secondary N) is 1. The van der Waals surface area contributed by atoms with Crippen molar-refractivity contribution in [2.24, 2.45) is 5.92 Å². The molecule has 0 bridgehead atoms. The zero-order valence-corrected chi connectivity index (χ0v) is 16.2. The summed E-state index contributed by atoms with van der Waals surface area (Å²) in [7, 11) is 3.30. The van der Waals surface area contributed by atoms with Gasteiger partial charge in [0.05, 0.1) is 24.8 Å². The van der Waals surface area contributed by atoms with E-state index in [1.54, 1.807) is 37.3 Å². The van der Waals surface area contributed by atoms with E-state index in [-0.39, 0.29) is 36.2 Å². The van der Waals surface area contributed by atoms with Crippen LogP contribution in [0.4, 0.5) is 11.4 Å². The predicted octanol–water partition coefficient (Wildman–Crippen LogP) is 3.25. The third kappa shape index (κ3) is 4.34. The summed E-state index contributed by atoms with van der Waals surface area (Å²) in [6, 6.07) is 14.5. The summed E-state index contributed by atoms with van der Waals surface area (Å²) in [6.45, 7) is 0. The van der Waals surface area contributed by atoms with E-state index in [2.05, 4.69) is 5.32 Å². The van der Waals surface area contributed by atoms with Gasteiger partial charge in [-0.2, -0.15) is 0 Å². The molecule has 0 saturated carbocycles. The summed E-state index contributed by atoms with van der Waals surface area (Å²) < 4.78 is 5.14. The van der Waals surface area contributed by atoms with E-state index in [1.165, 1.54) is 0 Å². The molecule has 0 aromatic heterocycles. The van der Waals surface area contributed by atoms with Gasteiger partial charge < -0.3 is 20.7 Å². The van der Waals surface area contributed by atoms with Crippen molar-refractivity contribution >= 4 is 35.6 Å². The largest absolute Gasteiger partial charge is 0.495 e. The minimum absolute atomic E-state index is 0. The number of nitrogen functional groups attached to an aromatic ring is 1. The lowest BCUT2D eigenvalue weighted by atomic mass is 9.84. The fourth-order valence-electron chi connectivity index (χ4n) is 3.47. The second-order valence-electron chi connectivity index (χ2n) is 6.45. The van der Waals surface area contributed by atoms with Gasteiger partial charge in [0, 0.05) is 19.2 Å². The summed E-state index contributed by atoms with van der Waals surface area (Å²) in [5, 5.41) is 2.93. The van der Waals surface area contributed by atoms with Gasteiger partial charge in [0.1, 0.15) is 5.75 Å². The molecule has 1 heterocycles. The molecule has 0 aliphatic carbocycles. The molecule has 2 atom stereocenters. The Bertz CT molecular complexity index is 813. The third-order valence-electron chi connectivity index (χ3n) is 4.84. The third-order valence-corrected chi connectivity index (χ3v) is 4.84. The Morgan fingerprint density at radius 3 is 2.56 bits per heavy atom. The van der Waals surface area contributed by atoms with Crippen molar-refractivity contribution in [3.8, 4) is 5.75 Å². The van der Waals surface area contributed by atoms with Crippen molar-refractivity contribution in [2.75, 3.05) is 25.2 Å². The van der Waals surface area contributed by atoms with Gasteiger partial charge in [0.2, 0.25) is 11.8 Å². The minimum atomic E-state index is -0.330. The molecule has 6 nitrogen and oxygen atoms in total. The highest BCUT2D eigenvalue weighted by Gasteiger charge is 2.38. The van der Waals surface area contributed by atoms with E-state index >= 15 is 0 Å². The highest BCUT2D eigenvalue weighted by atomic mass is 35.5. The van der Waals surface area contributed by atoms with Crippen molar-refractivity contribution in [3.05, 3.63) is 54.1 Å². The highest BCUT2D eigenvalue weighted by molar-refractivity contribution is 5.95. The molecule has 3 rings (SSSR count). The molecular formula is C20H24ClN3O3. The number of likely N-dealkylation sites (tertiary alicyclic amines) is 1. The first-order chi connectivity index (χ1) is 12.5. The number of hydrogen-bond acceptors (Lipinski definition) is 4. The van der Waals surface area contributed by atoms with Crippen molar-refractivity contribution in [2.45, 2.75) is 18.9 Å². The van der Waals surface area contributed by atoms with E-state index < -0.39 is 0 Å². The Morgan fingerprint density at radius 2 is 1.93 bits per heavy atom. The molecule has 2 aromatic carbocycles. The number of carbonyl (C=O) groups is 2. The van der Waals surface area contributed by atoms with Gasteiger partial charge in [-0.05, 0) is 30.2 Å². The maximum absolute atomic E-state index is 12.9. The van der Waals surface area contributed by atoms with E-state index in [9.17, 15) is 9.59 Å². The summed E-state index contributed by atoms with van der Waals surface area (Å²) in [5.74, 6) is 0.163. The molecule has 1 fully saturated rings. The smallest absolute Gasteiger partial charge is 0.229 e. The summed E-state index contributed by atoms with van der Waals surface area (Å²) >= 11 is 0. The minimum Gasteiger partial charge on any atom is -0.495 e. The fourth-order valence-corrected chi connectivity index (χ4v) is 3.47. The van der Waals surface area contributed by atoms with Crippen LogP contribution < -0.4 is 15.8 Å². The molecule has 2 amide bonds. The maximum Gasteiger partial charge on any atom is 0.229 e. The number of rotatable bonds is 4. The van der Waals surface area contributed by atoms with Crippen LogP contribution in [0, 0.1) is 5.92 Å². The van der Waals surface area contributed by atoms with Crippen LogP contribution in [0.5, 0.6) is 5.75 Å². The lowest BCUT2D eigenvalue weighted by molar-refractivity contribution is -0.140. The molecule has 1 aliphatic heterocycles. The van der Waals surface area contributed by atoms with E-state index in [4.69, 9.17) is 10.5 Å². The number of anilines is 2. The topological polar surface area (TPSA) is 84.7 Å². The Morgan fingerprint density at radius 1 is 1.22 bits per heavy atom. The van der Waals surface area contributed by atoms with E-state index in [0.29, 0.717) is 30.0 Å². The average Bonchev–Trinajstić information content (AvgIpc) is 2.64. The van der Waals surface area contributed by atoms with Crippen LogP contribution in [0.2, 0.25) is 0 Å². The first-order valence-corrected chi connectivity index (χ1v) is 8.56. The molecule has 7 heteroatoms. The molecule has 27 heavy (non-hydrogen) atoms. The van der Waals surface area contributed by atoms with Gasteiger partial charge in [-0.25, -0.2) is 0 Å². The summed E-state index contributed by atoms with van der Waals surface area (Å²) in [4.78, 5) is 26.8. The zero-order chi connectivity index (χ0) is 18.7. The van der Waals surface area contributed by atoms with Crippen molar-refractivity contribution in [1.82, 2.24) is 4.90 Å². The van der Waals surface area contributed by atoms with Crippen LogP contribution in [0.15, 0.2) is 48.5 Å². The monoisotopic (exact) mass is 389 g/mol. The first-order valence-electron chi connectivity index (χ1n) is 8.56. The number of halogens is 1. The van der Waals surface area contributed by atoms with Crippen LogP contribution in [0.1, 0.15) is 24.4 Å². The van der Waals surface area contributed by atoms with Crippen LogP contribution in [0.25, 0.3) is 0 Å². The Kier molecular flexibility index (Phi) is 6.69. The number of nitrogens with two attached hydrogens (primary N) is 1. The molecule has 3 N–H and O–H groups in total. The van der Waals surface area contributed by atoms with Crippen molar-refractivity contribution < 1.29 is 14.3 Å². The SMILES string of the molecule is COc1ccc(NC(=O)C2CCC(=O)N(C)C2c2ccccc2)cc1N.Cl. The van der Waals surface area contributed by atoms with Gasteiger partial charge >= 0.3 is 0 Å². The maximum atomic E-state index is 12.9. The number of hydrogen-bond donors (Lipinski definition) is 2. The van der Waals surface area contributed by atoms with Crippen LogP contribution in [-0.4, -0.2) is 30.9 Å². The molecular weight excluding hydrogens is 366 g/mol. The molecule has 144 valence electrons. The number of piperidine rings is 1. The summed E-state index contributed by atoms with van der Waals surface area (Å²) in [5.41, 5.74) is 7.94. The van der Waals surface area contributed by atoms with Crippen LogP contribution >= 0.6 is 12.4 Å². The number of methoxy groups -OCH3 is 1. The lowest BCUT2D eigenvalue weighted by Crippen LogP contribution is -2.44. The van der Waals surface area contributed by atoms with Crippen molar-refractivity contribution in [3.63, 3.8) is 0 Å². The number of amides is 2. The quantitative estimate of drug-likeness (QED) is 0.786. The summed E-state index contributed by atoms with van der Waals surface area (Å²) in [6.07, 6.45) is 0.878. The normalized spacial score (nSPS) is 19.2. The molecule has 0 radical (unpaired) electrons. The van der Waals surface area contributed by atoms with Gasteiger partial charge in [-0.15, -0.1) is 12.4 Å². The lowest BCUT2D eigenvalue weighted by Gasteiger charge is -2.38. The molecule has 0 spiro atoms. The van der Waals surface area contributed by atoms with Crippen molar-refractivity contribution in [1.29, 1.82) is 0 Å². The van der Waals surface area contributed by atoms with Crippen LogP contribution in [-0.2, 0) is 9.59 Å². The van der Waals surface area contributed by atoms with Crippen LogP contribution in [0.3, 0.4) is 0 Å². The van der Waals surface area contributed by atoms with Gasteiger partial charge in [-0.1, -0.05) is 30.3 Å². The molecule has 1 aliphatic rings. The number of benzene rings is 2. The molecule has 2 unspecified atom stereocenters. The highest BCUT2D eigenvalue weighted by Crippen LogP contribution is 2.36. The standard InChI is InChI=1S/C20H23N3O3.ClH/c1-23-18(24)11-9-15(19(23)13-6-4-3-5-7-13)20(25)22-14-8-10-17(26-2)16(21)12-14;/h3-8,10,12,15,19H,9,11,21H2,1-2H3,(H,22,25);1H. The second-order valence-corrected chi connectivity index (χ2v) is 6.45. The fraction of sp³-hybridized carbons (Fsp3) is 0.300. The second kappa shape index (κ2) is 8.77.